The second kappa shape index (κ2) is 11.1. The number of hydrogen-bond acceptors (Lipinski definition) is 7. The standard InChI is InChI=1S/C27H23N3O6S/c1-17-5-3-8-23(18(17)2)28-25(31)16-36-22-7-4-6-20(13-22)14-24-26(32)29(27(33)37-24)15-19-9-11-21(12-10-19)30(34)35/h3-14H,15-16H2,1-2H3,(H,28,31)/b24-14-. The van der Waals surface area contributed by atoms with Crippen LogP contribution in [0, 0.1) is 24.0 Å². The normalized spacial score (nSPS) is 14.2. The molecule has 3 aromatic rings. The van der Waals surface area contributed by atoms with E-state index < -0.39 is 16.1 Å². The highest BCUT2D eigenvalue weighted by molar-refractivity contribution is 8.18. The Morgan fingerprint density at radius 3 is 2.54 bits per heavy atom. The Bertz CT molecular complexity index is 1420. The van der Waals surface area contributed by atoms with Crippen molar-refractivity contribution in [3.8, 4) is 5.75 Å². The zero-order chi connectivity index (χ0) is 26.5. The summed E-state index contributed by atoms with van der Waals surface area (Å²) in [7, 11) is 0. The summed E-state index contributed by atoms with van der Waals surface area (Å²) in [6.07, 6.45) is 1.59. The minimum absolute atomic E-state index is 0.0126. The van der Waals surface area contributed by atoms with Gasteiger partial charge in [-0.25, -0.2) is 0 Å². The highest BCUT2D eigenvalue weighted by Gasteiger charge is 2.35. The van der Waals surface area contributed by atoms with Crippen LogP contribution in [-0.4, -0.2) is 33.5 Å². The molecule has 1 saturated heterocycles. The van der Waals surface area contributed by atoms with Crippen molar-refractivity contribution in [3.05, 3.63) is 104 Å². The van der Waals surface area contributed by atoms with Crippen LogP contribution in [0.25, 0.3) is 6.08 Å². The molecule has 0 spiro atoms. The van der Waals surface area contributed by atoms with E-state index in [0.29, 0.717) is 16.9 Å². The Kier molecular flexibility index (Phi) is 7.69. The average molecular weight is 518 g/mol. The van der Waals surface area contributed by atoms with E-state index in [1.54, 1.807) is 30.3 Å². The van der Waals surface area contributed by atoms with Crippen LogP contribution in [0.4, 0.5) is 16.2 Å². The fraction of sp³-hybridized carbons (Fsp3) is 0.148. The fourth-order valence-corrected chi connectivity index (χ4v) is 4.45. The third-order valence-electron chi connectivity index (χ3n) is 5.77. The van der Waals surface area contributed by atoms with Crippen LogP contribution < -0.4 is 10.1 Å². The van der Waals surface area contributed by atoms with E-state index >= 15 is 0 Å². The number of carbonyl (C=O) groups is 3. The summed E-state index contributed by atoms with van der Waals surface area (Å²) in [5, 5.41) is 13.2. The Morgan fingerprint density at radius 1 is 1.08 bits per heavy atom. The first-order chi connectivity index (χ1) is 17.7. The molecule has 0 saturated carbocycles. The van der Waals surface area contributed by atoms with Gasteiger partial charge in [-0.1, -0.05) is 36.4 Å². The maximum atomic E-state index is 12.8. The molecular formula is C27H23N3O6S. The van der Waals surface area contributed by atoms with Gasteiger partial charge in [-0.2, -0.15) is 0 Å². The topological polar surface area (TPSA) is 119 Å². The summed E-state index contributed by atoms with van der Waals surface area (Å²) < 4.78 is 5.63. The first kappa shape index (κ1) is 25.6. The van der Waals surface area contributed by atoms with E-state index in [-0.39, 0.29) is 29.7 Å². The molecule has 1 N–H and O–H groups in total. The number of nitrogens with zero attached hydrogens (tertiary/aromatic N) is 2. The van der Waals surface area contributed by atoms with Crippen LogP contribution in [0.2, 0.25) is 0 Å². The molecule has 188 valence electrons. The van der Waals surface area contributed by atoms with Crippen LogP contribution >= 0.6 is 11.8 Å². The average Bonchev–Trinajstić information content (AvgIpc) is 3.13. The number of nitro benzene ring substituents is 1. The van der Waals surface area contributed by atoms with Gasteiger partial charge in [0.25, 0.3) is 22.7 Å². The first-order valence-corrected chi connectivity index (χ1v) is 12.1. The molecule has 10 heteroatoms. The molecule has 0 aromatic heterocycles. The van der Waals surface area contributed by atoms with Crippen molar-refractivity contribution in [3.63, 3.8) is 0 Å². The van der Waals surface area contributed by atoms with Crippen LogP contribution in [0.3, 0.4) is 0 Å². The van der Waals surface area contributed by atoms with E-state index in [4.69, 9.17) is 4.74 Å². The number of hydrogen-bond donors (Lipinski definition) is 1. The SMILES string of the molecule is Cc1cccc(NC(=O)COc2cccc(/C=C3\SC(=O)N(Cc4ccc([N+](=O)[O-])cc4)C3=O)c2)c1C. The number of carbonyl (C=O) groups excluding carboxylic acids is 3. The number of rotatable bonds is 8. The molecule has 0 aliphatic carbocycles. The van der Waals surface area contributed by atoms with Crippen molar-refractivity contribution in [2.75, 3.05) is 11.9 Å². The minimum atomic E-state index is -0.512. The summed E-state index contributed by atoms with van der Waals surface area (Å²) in [6.45, 7) is 3.72. The van der Waals surface area contributed by atoms with Crippen LogP contribution in [0.1, 0.15) is 22.3 Å². The van der Waals surface area contributed by atoms with Crippen molar-refractivity contribution in [1.82, 2.24) is 4.90 Å². The summed E-state index contributed by atoms with van der Waals surface area (Å²) >= 11 is 0.817. The molecular weight excluding hydrogens is 494 g/mol. The smallest absolute Gasteiger partial charge is 0.293 e. The number of non-ortho nitro benzene ring substituents is 1. The zero-order valence-corrected chi connectivity index (χ0v) is 20.9. The molecule has 1 aliphatic rings. The van der Waals surface area contributed by atoms with Crippen LogP contribution in [0.5, 0.6) is 5.75 Å². The lowest BCUT2D eigenvalue weighted by Gasteiger charge is -2.12. The molecule has 37 heavy (non-hydrogen) atoms. The van der Waals surface area contributed by atoms with Crippen molar-refractivity contribution < 1.29 is 24.0 Å². The van der Waals surface area contributed by atoms with Gasteiger partial charge in [0.2, 0.25) is 0 Å². The second-order valence-corrected chi connectivity index (χ2v) is 9.34. The number of anilines is 1. The van der Waals surface area contributed by atoms with E-state index in [2.05, 4.69) is 5.32 Å². The number of amides is 3. The van der Waals surface area contributed by atoms with Crippen LogP contribution in [-0.2, 0) is 16.1 Å². The van der Waals surface area contributed by atoms with Gasteiger partial charge in [0.15, 0.2) is 6.61 Å². The van der Waals surface area contributed by atoms with Gasteiger partial charge in [-0.15, -0.1) is 0 Å². The largest absolute Gasteiger partial charge is 0.484 e. The van der Waals surface area contributed by atoms with E-state index in [1.807, 2.05) is 32.0 Å². The monoisotopic (exact) mass is 517 g/mol. The van der Waals surface area contributed by atoms with Gasteiger partial charge in [-0.3, -0.25) is 29.4 Å². The Morgan fingerprint density at radius 2 is 1.81 bits per heavy atom. The fourth-order valence-electron chi connectivity index (χ4n) is 3.61. The lowest BCUT2D eigenvalue weighted by atomic mass is 10.1. The Hall–Kier alpha value is -4.44. The number of imide groups is 1. The maximum absolute atomic E-state index is 12.8. The number of ether oxygens (including phenoxy) is 1. The number of thioether (sulfide) groups is 1. The second-order valence-electron chi connectivity index (χ2n) is 8.35. The molecule has 0 atom stereocenters. The molecule has 9 nitrogen and oxygen atoms in total. The molecule has 3 aromatic carbocycles. The molecule has 0 radical (unpaired) electrons. The number of nitrogens with one attached hydrogen (secondary N) is 1. The molecule has 1 fully saturated rings. The third-order valence-corrected chi connectivity index (χ3v) is 6.67. The number of nitro groups is 1. The predicted octanol–water partition coefficient (Wildman–Crippen LogP) is 5.47. The molecule has 4 rings (SSSR count). The highest BCUT2D eigenvalue weighted by atomic mass is 32.2. The number of benzene rings is 3. The third kappa shape index (κ3) is 6.22. The zero-order valence-electron chi connectivity index (χ0n) is 20.1. The summed E-state index contributed by atoms with van der Waals surface area (Å²) in [5.74, 6) is -0.311. The van der Waals surface area contributed by atoms with Gasteiger partial charge >= 0.3 is 0 Å². The first-order valence-electron chi connectivity index (χ1n) is 11.3. The van der Waals surface area contributed by atoms with E-state index in [0.717, 1.165) is 33.5 Å². The quantitative estimate of drug-likeness (QED) is 0.239. The number of aryl methyl sites for hydroxylation is 1. The highest BCUT2D eigenvalue weighted by Crippen LogP contribution is 2.34. The maximum Gasteiger partial charge on any atom is 0.293 e. The van der Waals surface area contributed by atoms with Crippen molar-refractivity contribution in [2.24, 2.45) is 0 Å². The summed E-state index contributed by atoms with van der Waals surface area (Å²) in [5.41, 5.74) is 3.95. The molecule has 0 unspecified atom stereocenters. The summed E-state index contributed by atoms with van der Waals surface area (Å²) in [4.78, 5) is 49.3. The van der Waals surface area contributed by atoms with Gasteiger partial charge < -0.3 is 10.1 Å². The van der Waals surface area contributed by atoms with Gasteiger partial charge in [0.05, 0.1) is 16.4 Å². The lowest BCUT2D eigenvalue weighted by molar-refractivity contribution is -0.384. The summed E-state index contributed by atoms with van der Waals surface area (Å²) in [6, 6.07) is 18.2. The van der Waals surface area contributed by atoms with Gasteiger partial charge in [0.1, 0.15) is 5.75 Å². The molecule has 0 bridgehead atoms. The van der Waals surface area contributed by atoms with Crippen molar-refractivity contribution >= 4 is 46.3 Å². The van der Waals surface area contributed by atoms with Crippen molar-refractivity contribution in [2.45, 2.75) is 20.4 Å². The van der Waals surface area contributed by atoms with E-state index in [9.17, 15) is 24.5 Å². The molecule has 3 amide bonds. The predicted molar refractivity (Wildman–Crippen MR) is 141 cm³/mol. The lowest BCUT2D eigenvalue weighted by Crippen LogP contribution is -2.27. The van der Waals surface area contributed by atoms with E-state index in [1.165, 1.54) is 24.3 Å². The Labute approximate surface area is 217 Å². The molecule has 1 heterocycles. The molecule has 1 aliphatic heterocycles. The van der Waals surface area contributed by atoms with Crippen LogP contribution in [0.15, 0.2) is 71.6 Å². The van der Waals surface area contributed by atoms with Crippen molar-refractivity contribution in [1.29, 1.82) is 0 Å². The van der Waals surface area contributed by atoms with Gasteiger partial charge in [-0.05, 0) is 72.1 Å². The Balaban J connectivity index is 1.39. The van der Waals surface area contributed by atoms with Gasteiger partial charge in [0, 0.05) is 17.8 Å². The minimum Gasteiger partial charge on any atom is -0.484 e.